The first-order chi connectivity index (χ1) is 7.99. The normalized spacial score (nSPS) is 25.8. The zero-order chi connectivity index (χ0) is 12.5. The van der Waals surface area contributed by atoms with Gasteiger partial charge in [-0.05, 0) is 47.2 Å². The van der Waals surface area contributed by atoms with Crippen molar-refractivity contribution in [3.05, 3.63) is 20.8 Å². The summed E-state index contributed by atoms with van der Waals surface area (Å²) in [6, 6.07) is 3.36. The predicted octanol–water partition coefficient (Wildman–Crippen LogP) is 5.13. The van der Waals surface area contributed by atoms with Crippen molar-refractivity contribution in [3.8, 4) is 0 Å². The molecular formula is C14H22BrNS. The fourth-order valence-electron chi connectivity index (χ4n) is 2.74. The van der Waals surface area contributed by atoms with Crippen molar-refractivity contribution in [3.63, 3.8) is 0 Å². The third-order valence-corrected chi connectivity index (χ3v) is 5.85. The van der Waals surface area contributed by atoms with Crippen LogP contribution < -0.4 is 5.32 Å². The molecule has 0 spiro atoms. The minimum Gasteiger partial charge on any atom is -0.306 e. The molecule has 1 N–H and O–H groups in total. The van der Waals surface area contributed by atoms with E-state index in [0.29, 0.717) is 17.5 Å². The van der Waals surface area contributed by atoms with E-state index in [1.807, 2.05) is 11.3 Å². The number of nitrogens with one attached hydrogen (secondary N) is 1. The molecule has 1 nitrogen and oxygen atoms in total. The van der Waals surface area contributed by atoms with E-state index in [1.165, 1.54) is 35.0 Å². The van der Waals surface area contributed by atoms with E-state index >= 15 is 0 Å². The molecule has 96 valence electrons. The smallest absolute Gasteiger partial charge is 0.0388 e. The van der Waals surface area contributed by atoms with E-state index in [9.17, 15) is 0 Å². The Morgan fingerprint density at radius 3 is 2.82 bits per heavy atom. The van der Waals surface area contributed by atoms with Crippen LogP contribution in [0.15, 0.2) is 15.9 Å². The van der Waals surface area contributed by atoms with Crippen LogP contribution in [0.25, 0.3) is 0 Å². The summed E-state index contributed by atoms with van der Waals surface area (Å²) in [5, 5.41) is 5.99. The highest BCUT2D eigenvalue weighted by atomic mass is 79.9. The van der Waals surface area contributed by atoms with Gasteiger partial charge in [-0.3, -0.25) is 0 Å². The topological polar surface area (TPSA) is 12.0 Å². The summed E-state index contributed by atoms with van der Waals surface area (Å²) in [4.78, 5) is 1.43. The summed E-state index contributed by atoms with van der Waals surface area (Å²) in [6.45, 7) is 7.09. The summed E-state index contributed by atoms with van der Waals surface area (Å²) in [5.41, 5.74) is 0.445. The lowest BCUT2D eigenvalue weighted by atomic mass is 9.73. The van der Waals surface area contributed by atoms with Crippen LogP contribution in [0.5, 0.6) is 0 Å². The maximum Gasteiger partial charge on any atom is 0.0388 e. The number of rotatable bonds is 3. The Morgan fingerprint density at radius 2 is 2.24 bits per heavy atom. The third kappa shape index (κ3) is 3.33. The first-order valence-corrected chi connectivity index (χ1v) is 8.16. The van der Waals surface area contributed by atoms with Gasteiger partial charge in [-0.1, -0.05) is 26.7 Å². The quantitative estimate of drug-likeness (QED) is 0.815. The van der Waals surface area contributed by atoms with Crippen LogP contribution in [0.3, 0.4) is 0 Å². The minimum atomic E-state index is 0.445. The molecule has 2 atom stereocenters. The average molecular weight is 316 g/mol. The van der Waals surface area contributed by atoms with Crippen molar-refractivity contribution in [2.75, 3.05) is 0 Å². The van der Waals surface area contributed by atoms with Gasteiger partial charge < -0.3 is 5.32 Å². The molecule has 0 amide bonds. The SMILES string of the molecule is CC(NC1CCCCC1(C)C)c1cc(Br)cs1. The molecule has 1 saturated carbocycles. The first-order valence-electron chi connectivity index (χ1n) is 6.49. The molecule has 3 heteroatoms. The monoisotopic (exact) mass is 315 g/mol. The minimum absolute atomic E-state index is 0.445. The van der Waals surface area contributed by atoms with Crippen molar-refractivity contribution < 1.29 is 0 Å². The predicted molar refractivity (Wildman–Crippen MR) is 79.6 cm³/mol. The van der Waals surface area contributed by atoms with Crippen LogP contribution in [-0.2, 0) is 0 Å². The molecule has 1 aliphatic carbocycles. The number of halogens is 1. The van der Waals surface area contributed by atoms with Gasteiger partial charge in [0.05, 0.1) is 0 Å². The van der Waals surface area contributed by atoms with Crippen molar-refractivity contribution >= 4 is 27.3 Å². The number of hydrogen-bond acceptors (Lipinski definition) is 2. The van der Waals surface area contributed by atoms with Crippen molar-refractivity contribution in [2.24, 2.45) is 5.41 Å². The first kappa shape index (κ1) is 13.6. The molecule has 1 aromatic heterocycles. The molecule has 1 aliphatic rings. The second-order valence-corrected chi connectivity index (χ2v) is 7.70. The molecule has 2 rings (SSSR count). The van der Waals surface area contributed by atoms with E-state index < -0.39 is 0 Å². The van der Waals surface area contributed by atoms with Gasteiger partial charge in [0.1, 0.15) is 0 Å². The van der Waals surface area contributed by atoms with Crippen LogP contribution in [-0.4, -0.2) is 6.04 Å². The van der Waals surface area contributed by atoms with Gasteiger partial charge >= 0.3 is 0 Å². The van der Waals surface area contributed by atoms with Gasteiger partial charge in [-0.25, -0.2) is 0 Å². The molecule has 2 unspecified atom stereocenters. The number of hydrogen-bond donors (Lipinski definition) is 1. The van der Waals surface area contributed by atoms with Gasteiger partial charge in [0.2, 0.25) is 0 Å². The highest BCUT2D eigenvalue weighted by Crippen LogP contribution is 2.37. The van der Waals surface area contributed by atoms with Gasteiger partial charge in [0.15, 0.2) is 0 Å². The van der Waals surface area contributed by atoms with Gasteiger partial charge in [0, 0.05) is 26.8 Å². The number of thiophene rings is 1. The highest BCUT2D eigenvalue weighted by molar-refractivity contribution is 9.10. The summed E-state index contributed by atoms with van der Waals surface area (Å²) in [7, 11) is 0. The molecule has 0 aromatic carbocycles. The zero-order valence-electron chi connectivity index (χ0n) is 10.9. The van der Waals surface area contributed by atoms with E-state index in [-0.39, 0.29) is 0 Å². The second kappa shape index (κ2) is 5.41. The maximum atomic E-state index is 3.83. The Bertz CT molecular complexity index is 372. The second-order valence-electron chi connectivity index (χ2n) is 5.84. The van der Waals surface area contributed by atoms with Gasteiger partial charge in [0.25, 0.3) is 0 Å². The van der Waals surface area contributed by atoms with Crippen LogP contribution in [0.4, 0.5) is 0 Å². The van der Waals surface area contributed by atoms with Crippen LogP contribution in [0.1, 0.15) is 57.4 Å². The van der Waals surface area contributed by atoms with E-state index in [2.05, 4.69) is 53.5 Å². The van der Waals surface area contributed by atoms with Crippen molar-refractivity contribution in [1.29, 1.82) is 0 Å². The summed E-state index contributed by atoms with van der Waals surface area (Å²) < 4.78 is 1.20. The fraction of sp³-hybridized carbons (Fsp3) is 0.714. The lowest BCUT2D eigenvalue weighted by Gasteiger charge is -2.40. The average Bonchev–Trinajstić information content (AvgIpc) is 2.68. The zero-order valence-corrected chi connectivity index (χ0v) is 13.3. The molecule has 0 aliphatic heterocycles. The Kier molecular flexibility index (Phi) is 4.32. The summed E-state index contributed by atoms with van der Waals surface area (Å²) in [5.74, 6) is 0. The Hall–Kier alpha value is 0.140. The maximum absolute atomic E-state index is 3.83. The molecule has 0 bridgehead atoms. The Labute approximate surface area is 117 Å². The lowest BCUT2D eigenvalue weighted by molar-refractivity contribution is 0.158. The molecule has 0 radical (unpaired) electrons. The molecular weight excluding hydrogens is 294 g/mol. The van der Waals surface area contributed by atoms with Crippen LogP contribution in [0, 0.1) is 5.41 Å². The highest BCUT2D eigenvalue weighted by Gasteiger charge is 2.32. The largest absolute Gasteiger partial charge is 0.306 e. The van der Waals surface area contributed by atoms with Gasteiger partial charge in [-0.2, -0.15) is 0 Å². The standard InChI is InChI=1S/C14H22BrNS/c1-10(12-8-11(15)9-17-12)16-13-6-4-5-7-14(13,2)3/h8-10,13,16H,4-7H2,1-3H3. The Balaban J connectivity index is 2.00. The van der Waals surface area contributed by atoms with Gasteiger partial charge in [-0.15, -0.1) is 11.3 Å². The van der Waals surface area contributed by atoms with Crippen molar-refractivity contribution in [1.82, 2.24) is 5.32 Å². The molecule has 1 aromatic rings. The van der Waals surface area contributed by atoms with Crippen LogP contribution in [0.2, 0.25) is 0 Å². The van der Waals surface area contributed by atoms with Crippen molar-refractivity contribution in [2.45, 2.75) is 58.5 Å². The van der Waals surface area contributed by atoms with Crippen LogP contribution >= 0.6 is 27.3 Å². The molecule has 1 fully saturated rings. The molecule has 17 heavy (non-hydrogen) atoms. The lowest BCUT2D eigenvalue weighted by Crippen LogP contribution is -2.44. The fourth-order valence-corrected chi connectivity index (χ4v) is 4.20. The Morgan fingerprint density at radius 1 is 1.47 bits per heavy atom. The van der Waals surface area contributed by atoms with E-state index in [1.54, 1.807) is 0 Å². The summed E-state index contributed by atoms with van der Waals surface area (Å²) in [6.07, 6.45) is 5.45. The third-order valence-electron chi connectivity index (χ3n) is 3.97. The van der Waals surface area contributed by atoms with E-state index in [4.69, 9.17) is 0 Å². The summed E-state index contributed by atoms with van der Waals surface area (Å²) >= 11 is 5.37. The molecule has 1 heterocycles. The van der Waals surface area contributed by atoms with E-state index in [0.717, 1.165) is 0 Å². The molecule has 0 saturated heterocycles.